The number of benzene rings is 2. The predicted molar refractivity (Wildman–Crippen MR) is 204 cm³/mol. The molecule has 4 N–H and O–H groups in total. The summed E-state index contributed by atoms with van der Waals surface area (Å²) in [6.45, 7) is 0.252. The molecule has 13 nitrogen and oxygen atoms in total. The Morgan fingerprint density at radius 2 is 1.61 bits per heavy atom. The summed E-state index contributed by atoms with van der Waals surface area (Å²) in [5.74, 6) is -1.00. The Hall–Kier alpha value is -5.25. The van der Waals surface area contributed by atoms with Gasteiger partial charge in [-0.3, -0.25) is 14.4 Å². The summed E-state index contributed by atoms with van der Waals surface area (Å²) in [4.78, 5) is 63.4. The lowest BCUT2D eigenvalue weighted by atomic mass is 9.89. The van der Waals surface area contributed by atoms with Gasteiger partial charge in [0, 0.05) is 28.4 Å². The maximum atomic E-state index is 13.3. The second-order valence-corrected chi connectivity index (χ2v) is 14.6. The van der Waals surface area contributed by atoms with E-state index in [1.54, 1.807) is 19.1 Å². The molecule has 0 aliphatic heterocycles. The van der Waals surface area contributed by atoms with Crippen LogP contribution in [0.5, 0.6) is 6.01 Å². The van der Waals surface area contributed by atoms with E-state index in [2.05, 4.69) is 36.2 Å². The number of rotatable bonds is 17. The first-order valence-corrected chi connectivity index (χ1v) is 19.1. The third kappa shape index (κ3) is 10.5. The molecule has 2 saturated carbocycles. The first-order valence-electron chi connectivity index (χ1n) is 18.7. The smallest absolute Gasteiger partial charge is 0.422 e. The zero-order valence-corrected chi connectivity index (χ0v) is 31.5. The van der Waals surface area contributed by atoms with E-state index in [1.165, 1.54) is 37.1 Å². The average molecular weight is 798 g/mol. The van der Waals surface area contributed by atoms with Crippen LogP contribution in [0.25, 0.3) is 0 Å². The fraction of sp³-hybridized carbons (Fsp3) is 0.462. The monoisotopic (exact) mass is 797 g/mol. The Balaban J connectivity index is 1.10. The van der Waals surface area contributed by atoms with Crippen molar-refractivity contribution in [3.63, 3.8) is 0 Å². The van der Waals surface area contributed by atoms with Crippen molar-refractivity contribution in [3.05, 3.63) is 90.7 Å². The predicted octanol–water partition coefficient (Wildman–Crippen LogP) is 6.58. The molecule has 298 valence electrons. The molecule has 2 fully saturated rings. The normalized spacial score (nSPS) is 16.0. The zero-order valence-electron chi connectivity index (χ0n) is 30.8. The van der Waals surface area contributed by atoms with Crippen LogP contribution in [0.4, 0.5) is 36.4 Å². The summed E-state index contributed by atoms with van der Waals surface area (Å²) in [6, 6.07) is 11.6. The summed E-state index contributed by atoms with van der Waals surface area (Å²) in [5.41, 5.74) is 0.694. The molecule has 3 aromatic carbocycles. The van der Waals surface area contributed by atoms with E-state index in [-0.39, 0.29) is 42.7 Å². The zero-order chi connectivity index (χ0) is 39.9. The standard InChI is InChI=1S/C39H43ClF3N7O6/c1-2-55-34(54)29(17-20-44-30-28(31(51)32(30)52)21-23-7-5-3-4-6-8-23)46-33(53)24-9-15-27(16-10-24)45-35-47-36(49-37(48-35)56-22-39(41,42)43)50-38(18-19-38)25-11-13-26(40)14-12-25/h9-16,23,29,44H,2-8,17-22H2,1H3,(H,46,53)(H2,45,47,48,49,50)/t29-/m0/s1. The van der Waals surface area contributed by atoms with Gasteiger partial charge in [0.05, 0.1) is 17.8 Å². The van der Waals surface area contributed by atoms with Crippen molar-refractivity contribution < 1.29 is 32.2 Å². The molecule has 56 heavy (non-hydrogen) atoms. The molecule has 0 saturated heterocycles. The minimum atomic E-state index is -4.63. The molecule has 1 amide bonds. The van der Waals surface area contributed by atoms with Gasteiger partial charge in [-0.05, 0) is 80.5 Å². The van der Waals surface area contributed by atoms with Gasteiger partial charge in [0.1, 0.15) is 6.04 Å². The minimum absolute atomic E-state index is 0.0111. The number of aromatic nitrogens is 3. The average Bonchev–Trinajstić information content (AvgIpc) is 3.99. The lowest BCUT2D eigenvalue weighted by Crippen LogP contribution is -2.44. The molecule has 0 radical (unpaired) electrons. The van der Waals surface area contributed by atoms with Gasteiger partial charge in [-0.15, -0.1) is 0 Å². The van der Waals surface area contributed by atoms with E-state index in [0.717, 1.165) is 44.1 Å². The molecule has 0 bridgehead atoms. The molecule has 2 aliphatic rings. The lowest BCUT2D eigenvalue weighted by Gasteiger charge is -2.20. The molecular formula is C39H43ClF3N7O6. The fourth-order valence-electron chi connectivity index (χ4n) is 6.86. The van der Waals surface area contributed by atoms with Gasteiger partial charge in [0.25, 0.3) is 5.91 Å². The largest absolute Gasteiger partial charge is 0.464 e. The Morgan fingerprint density at radius 1 is 0.929 bits per heavy atom. The fourth-order valence-corrected chi connectivity index (χ4v) is 6.99. The summed E-state index contributed by atoms with van der Waals surface area (Å²) < 4.78 is 49.0. The third-order valence-electron chi connectivity index (χ3n) is 9.97. The molecule has 1 aromatic heterocycles. The van der Waals surface area contributed by atoms with Crippen molar-refractivity contribution >= 4 is 46.7 Å². The highest BCUT2D eigenvalue weighted by Gasteiger charge is 2.45. The number of carbonyl (C=O) groups is 2. The molecule has 2 aliphatic carbocycles. The molecule has 4 aromatic rings. The van der Waals surface area contributed by atoms with Crippen LogP contribution in [0, 0.1) is 5.92 Å². The van der Waals surface area contributed by atoms with Crippen LogP contribution in [-0.4, -0.2) is 58.8 Å². The highest BCUT2D eigenvalue weighted by Crippen LogP contribution is 2.48. The number of amides is 1. The Kier molecular flexibility index (Phi) is 12.8. The van der Waals surface area contributed by atoms with Crippen LogP contribution in [-0.2, 0) is 21.5 Å². The number of alkyl halides is 3. The summed E-state index contributed by atoms with van der Waals surface area (Å²) in [7, 11) is 0. The van der Waals surface area contributed by atoms with Crippen molar-refractivity contribution in [1.82, 2.24) is 20.3 Å². The summed E-state index contributed by atoms with van der Waals surface area (Å²) in [5, 5.41) is 12.4. The molecule has 0 spiro atoms. The van der Waals surface area contributed by atoms with Crippen molar-refractivity contribution in [2.75, 3.05) is 35.7 Å². The van der Waals surface area contributed by atoms with E-state index in [4.69, 9.17) is 21.1 Å². The van der Waals surface area contributed by atoms with Gasteiger partial charge >= 0.3 is 18.2 Å². The van der Waals surface area contributed by atoms with Crippen LogP contribution in [0.2, 0.25) is 5.02 Å². The van der Waals surface area contributed by atoms with Gasteiger partial charge in [0.15, 0.2) is 6.61 Å². The summed E-state index contributed by atoms with van der Waals surface area (Å²) in [6.07, 6.45) is 4.07. The van der Waals surface area contributed by atoms with Gasteiger partial charge in [0.2, 0.25) is 22.8 Å². The van der Waals surface area contributed by atoms with Crippen LogP contribution in [0.15, 0.2) is 58.1 Å². The number of esters is 1. The number of anilines is 4. The van der Waals surface area contributed by atoms with Gasteiger partial charge in [-0.1, -0.05) is 62.3 Å². The number of hydrogen-bond donors (Lipinski definition) is 4. The van der Waals surface area contributed by atoms with Crippen molar-refractivity contribution in [1.29, 1.82) is 0 Å². The van der Waals surface area contributed by atoms with Crippen LogP contribution >= 0.6 is 11.6 Å². The topological polar surface area (TPSA) is 174 Å². The van der Waals surface area contributed by atoms with Gasteiger partial charge < -0.3 is 30.7 Å². The quantitative estimate of drug-likeness (QED) is 0.0514. The molecular weight excluding hydrogens is 755 g/mol. The van der Waals surface area contributed by atoms with Crippen LogP contribution in [0.1, 0.15) is 86.2 Å². The maximum Gasteiger partial charge on any atom is 0.422 e. The van der Waals surface area contributed by atoms with Crippen LogP contribution in [0.3, 0.4) is 0 Å². The maximum absolute atomic E-state index is 13.3. The van der Waals surface area contributed by atoms with E-state index in [9.17, 15) is 32.3 Å². The number of carbonyl (C=O) groups excluding carboxylic acids is 2. The number of halogens is 4. The highest BCUT2D eigenvalue weighted by atomic mass is 35.5. The number of hydrogen-bond acceptors (Lipinski definition) is 12. The Bertz CT molecular complexity index is 2060. The number of nitrogens with zero attached hydrogens (tertiary/aromatic N) is 3. The Labute approximate surface area is 325 Å². The first-order chi connectivity index (χ1) is 26.8. The molecule has 1 heterocycles. The van der Waals surface area contributed by atoms with Gasteiger partial charge in [-0.2, -0.15) is 28.1 Å². The van der Waals surface area contributed by atoms with Gasteiger partial charge in [-0.25, -0.2) is 4.79 Å². The van der Waals surface area contributed by atoms with E-state index in [0.29, 0.717) is 28.6 Å². The van der Waals surface area contributed by atoms with Crippen LogP contribution < -0.4 is 36.9 Å². The molecule has 0 unspecified atom stereocenters. The van der Waals surface area contributed by atoms with E-state index in [1.807, 2.05) is 12.1 Å². The third-order valence-corrected chi connectivity index (χ3v) is 10.2. The molecule has 1 atom stereocenters. The minimum Gasteiger partial charge on any atom is -0.464 e. The van der Waals surface area contributed by atoms with E-state index < -0.39 is 53.1 Å². The first kappa shape index (κ1) is 40.4. The van der Waals surface area contributed by atoms with Crippen molar-refractivity contribution in [2.45, 2.75) is 88.9 Å². The van der Waals surface area contributed by atoms with Crippen molar-refractivity contribution in [3.8, 4) is 6.01 Å². The molecule has 6 rings (SSSR count). The highest BCUT2D eigenvalue weighted by molar-refractivity contribution is 6.30. The lowest BCUT2D eigenvalue weighted by molar-refractivity contribution is -0.154. The second-order valence-electron chi connectivity index (χ2n) is 14.2. The summed E-state index contributed by atoms with van der Waals surface area (Å²) >= 11 is 6.05. The van der Waals surface area contributed by atoms with Crippen molar-refractivity contribution in [2.24, 2.45) is 5.92 Å². The van der Waals surface area contributed by atoms with E-state index >= 15 is 0 Å². The number of nitrogens with one attached hydrogen (secondary N) is 4. The SMILES string of the molecule is CCOC(=O)[C@H](CCNc1c(CC2CCCCCC2)c(=O)c1=O)NC(=O)c1ccc(Nc2nc(NC3(c4ccc(Cl)cc4)CC3)nc(OCC(F)(F)F)n2)cc1. The Morgan fingerprint density at radius 3 is 2.25 bits per heavy atom. The molecule has 17 heteroatoms. The second kappa shape index (κ2) is 17.7. The number of ether oxygens (including phenoxy) is 2.